The number of ketones is 1. The largest absolute Gasteiger partial charge is 0.471 e. The van der Waals surface area contributed by atoms with Gasteiger partial charge < -0.3 is 4.90 Å². The first-order chi connectivity index (χ1) is 9.51. The fourth-order valence-corrected chi connectivity index (χ4v) is 2.48. The van der Waals surface area contributed by atoms with E-state index in [1.165, 1.54) is 12.1 Å². The molecule has 0 aliphatic carbocycles. The summed E-state index contributed by atoms with van der Waals surface area (Å²) in [6, 6.07) is 4.41. The smallest absolute Gasteiger partial charge is 0.304 e. The molecule has 0 aromatic heterocycles. The predicted octanol–water partition coefficient (Wildman–Crippen LogP) is 3.49. The number of carbonyl (C=O) groups is 2. The molecule has 0 atom stereocenters. The van der Waals surface area contributed by atoms with Crippen LogP contribution in [-0.4, -0.2) is 28.7 Å². The molecule has 0 fully saturated rings. The van der Waals surface area contributed by atoms with E-state index in [1.54, 1.807) is 19.9 Å². The van der Waals surface area contributed by atoms with Crippen LogP contribution in [0.3, 0.4) is 0 Å². The number of rotatable bonds is 2. The van der Waals surface area contributed by atoms with Crippen molar-refractivity contribution in [2.75, 3.05) is 11.4 Å². The summed E-state index contributed by atoms with van der Waals surface area (Å²) in [5.41, 5.74) is 1.22. The van der Waals surface area contributed by atoms with Gasteiger partial charge in [-0.1, -0.05) is 15.9 Å². The second-order valence-corrected chi connectivity index (χ2v) is 7.33. The van der Waals surface area contributed by atoms with Gasteiger partial charge in [-0.15, -0.1) is 0 Å². The Hall–Kier alpha value is -1.37. The summed E-state index contributed by atoms with van der Waals surface area (Å²) in [6.07, 6.45) is -4.59. The quantitative estimate of drug-likeness (QED) is 0.595. The van der Waals surface area contributed by atoms with Crippen LogP contribution in [0, 0.1) is 0 Å². The van der Waals surface area contributed by atoms with Gasteiger partial charge in [0.25, 0.3) is 0 Å². The van der Waals surface area contributed by atoms with E-state index in [0.717, 1.165) is 0 Å². The van der Waals surface area contributed by atoms with Gasteiger partial charge >= 0.3 is 12.1 Å². The fraction of sp³-hybridized carbons (Fsp3) is 0.429. The van der Waals surface area contributed by atoms with Crippen LogP contribution >= 0.6 is 15.9 Å². The molecule has 1 aliphatic rings. The Morgan fingerprint density at radius 3 is 2.38 bits per heavy atom. The van der Waals surface area contributed by atoms with Crippen LogP contribution in [0.1, 0.15) is 29.8 Å². The van der Waals surface area contributed by atoms with Crippen molar-refractivity contribution in [2.24, 2.45) is 0 Å². The van der Waals surface area contributed by atoms with Gasteiger partial charge in [0.15, 0.2) is 5.78 Å². The number of benzene rings is 1. The van der Waals surface area contributed by atoms with Gasteiger partial charge in [-0.05, 0) is 44.0 Å². The van der Waals surface area contributed by atoms with Crippen LogP contribution < -0.4 is 4.90 Å². The Balaban J connectivity index is 2.34. The lowest BCUT2D eigenvalue weighted by Gasteiger charge is -2.19. The van der Waals surface area contributed by atoms with Gasteiger partial charge in [0, 0.05) is 17.8 Å². The molecule has 0 radical (unpaired) electrons. The second-order valence-electron chi connectivity index (χ2n) is 5.35. The molecule has 3 nitrogen and oxygen atoms in total. The average molecular weight is 364 g/mol. The standard InChI is InChI=1S/C14H13BrF3NO2/c1-13(2,15)11(20)9-3-4-10-8(7-9)5-6-19(10)12(21)14(16,17)18/h3-4,7H,5-6H2,1-2H3. The minimum atomic E-state index is -4.89. The van der Waals surface area contributed by atoms with E-state index in [0.29, 0.717) is 22.4 Å². The van der Waals surface area contributed by atoms with Gasteiger partial charge in [-0.25, -0.2) is 0 Å². The SMILES string of the molecule is CC(C)(Br)C(=O)c1ccc2c(c1)CCN2C(=O)C(F)(F)F. The van der Waals surface area contributed by atoms with Gasteiger partial charge in [-0.2, -0.15) is 13.2 Å². The predicted molar refractivity (Wildman–Crippen MR) is 75.9 cm³/mol. The molecule has 1 amide bonds. The molecule has 1 aromatic rings. The first-order valence-electron chi connectivity index (χ1n) is 6.27. The summed E-state index contributed by atoms with van der Waals surface area (Å²) in [4.78, 5) is 24.2. The zero-order valence-corrected chi connectivity index (χ0v) is 13.0. The number of carbonyl (C=O) groups excluding carboxylic acids is 2. The van der Waals surface area contributed by atoms with E-state index in [4.69, 9.17) is 0 Å². The maximum atomic E-state index is 12.5. The molecule has 2 rings (SSSR count). The summed E-state index contributed by atoms with van der Waals surface area (Å²) in [5, 5.41) is 0. The highest BCUT2D eigenvalue weighted by Gasteiger charge is 2.44. The summed E-state index contributed by atoms with van der Waals surface area (Å²) < 4.78 is 36.8. The Bertz CT molecular complexity index is 605. The van der Waals surface area contributed by atoms with Crippen molar-refractivity contribution in [1.82, 2.24) is 0 Å². The van der Waals surface area contributed by atoms with E-state index in [-0.39, 0.29) is 18.0 Å². The zero-order valence-electron chi connectivity index (χ0n) is 11.4. The van der Waals surface area contributed by atoms with Crippen molar-refractivity contribution in [2.45, 2.75) is 30.8 Å². The number of Topliss-reactive ketones (excluding diaryl/α,β-unsaturated/α-hetero) is 1. The Labute approximate surface area is 128 Å². The lowest BCUT2D eigenvalue weighted by atomic mass is 9.98. The van der Waals surface area contributed by atoms with Crippen molar-refractivity contribution in [3.63, 3.8) is 0 Å². The molecule has 0 spiro atoms. The third-order valence-electron chi connectivity index (χ3n) is 3.26. The van der Waals surface area contributed by atoms with Crippen LogP contribution in [0.25, 0.3) is 0 Å². The van der Waals surface area contributed by atoms with Crippen molar-refractivity contribution < 1.29 is 22.8 Å². The topological polar surface area (TPSA) is 37.4 Å². The first kappa shape index (κ1) is 16.0. The maximum Gasteiger partial charge on any atom is 0.471 e. The number of hydrogen-bond donors (Lipinski definition) is 0. The van der Waals surface area contributed by atoms with Crippen molar-refractivity contribution in [1.29, 1.82) is 0 Å². The molecule has 0 N–H and O–H groups in total. The zero-order chi connectivity index (χ0) is 16.0. The maximum absolute atomic E-state index is 12.5. The average Bonchev–Trinajstić information content (AvgIpc) is 2.77. The molecule has 1 heterocycles. The summed E-state index contributed by atoms with van der Waals surface area (Å²) in [5.74, 6) is -2.04. The molecule has 0 saturated carbocycles. The van der Waals surface area contributed by atoms with E-state index >= 15 is 0 Å². The number of amides is 1. The van der Waals surface area contributed by atoms with Gasteiger partial charge in [0.2, 0.25) is 0 Å². The minimum Gasteiger partial charge on any atom is -0.304 e. The van der Waals surface area contributed by atoms with Crippen LogP contribution in [0.5, 0.6) is 0 Å². The molecule has 21 heavy (non-hydrogen) atoms. The number of hydrogen-bond acceptors (Lipinski definition) is 2. The summed E-state index contributed by atoms with van der Waals surface area (Å²) in [7, 11) is 0. The molecule has 0 unspecified atom stereocenters. The van der Waals surface area contributed by atoms with Gasteiger partial charge in [-0.3, -0.25) is 9.59 Å². The lowest BCUT2D eigenvalue weighted by Crippen LogP contribution is -2.40. The lowest BCUT2D eigenvalue weighted by molar-refractivity contribution is -0.170. The van der Waals surface area contributed by atoms with Crippen LogP contribution in [0.2, 0.25) is 0 Å². The van der Waals surface area contributed by atoms with Crippen molar-refractivity contribution in [3.05, 3.63) is 29.3 Å². The van der Waals surface area contributed by atoms with E-state index in [1.807, 2.05) is 0 Å². The molecular weight excluding hydrogens is 351 g/mol. The van der Waals surface area contributed by atoms with E-state index in [9.17, 15) is 22.8 Å². The van der Waals surface area contributed by atoms with Crippen LogP contribution in [-0.2, 0) is 11.2 Å². The molecule has 7 heteroatoms. The highest BCUT2D eigenvalue weighted by molar-refractivity contribution is 9.10. The van der Waals surface area contributed by atoms with Gasteiger partial charge in [0.05, 0.1) is 4.32 Å². The normalized spacial score (nSPS) is 15.0. The number of fused-ring (bicyclic) bond motifs is 1. The van der Waals surface area contributed by atoms with Gasteiger partial charge in [0.1, 0.15) is 0 Å². The number of anilines is 1. The monoisotopic (exact) mass is 363 g/mol. The van der Waals surface area contributed by atoms with E-state index in [2.05, 4.69) is 15.9 Å². The molecule has 114 valence electrons. The number of nitrogens with zero attached hydrogens (tertiary/aromatic N) is 1. The fourth-order valence-electron chi connectivity index (χ4n) is 2.25. The van der Waals surface area contributed by atoms with E-state index < -0.39 is 16.4 Å². The molecular formula is C14H13BrF3NO2. The summed E-state index contributed by atoms with van der Waals surface area (Å²) >= 11 is 3.26. The molecule has 0 bridgehead atoms. The Kier molecular flexibility index (Phi) is 3.90. The Morgan fingerprint density at radius 1 is 1.24 bits per heavy atom. The van der Waals surface area contributed by atoms with Crippen molar-refractivity contribution >= 4 is 33.3 Å². The summed E-state index contributed by atoms with van der Waals surface area (Å²) in [6.45, 7) is 3.37. The first-order valence-corrected chi connectivity index (χ1v) is 7.06. The number of halogens is 4. The van der Waals surface area contributed by atoms with Crippen molar-refractivity contribution in [3.8, 4) is 0 Å². The van der Waals surface area contributed by atoms with Crippen LogP contribution in [0.4, 0.5) is 18.9 Å². The minimum absolute atomic E-state index is 0.0248. The molecule has 1 aliphatic heterocycles. The van der Waals surface area contributed by atoms with Crippen LogP contribution in [0.15, 0.2) is 18.2 Å². The second kappa shape index (κ2) is 5.12. The molecule has 1 aromatic carbocycles. The highest BCUT2D eigenvalue weighted by Crippen LogP contribution is 2.33. The Morgan fingerprint density at radius 2 is 1.86 bits per heavy atom. The highest BCUT2D eigenvalue weighted by atomic mass is 79.9. The number of alkyl halides is 4. The molecule has 0 saturated heterocycles. The third kappa shape index (κ3) is 3.12. The third-order valence-corrected chi connectivity index (χ3v) is 3.62.